The lowest BCUT2D eigenvalue weighted by Crippen LogP contribution is -2.37. The van der Waals surface area contributed by atoms with Gasteiger partial charge < -0.3 is 11.5 Å². The number of rotatable bonds is 2. The van der Waals surface area contributed by atoms with E-state index in [1.54, 1.807) is 24.5 Å². The van der Waals surface area contributed by atoms with Crippen LogP contribution in [0.3, 0.4) is 0 Å². The van der Waals surface area contributed by atoms with Crippen LogP contribution < -0.4 is 22.7 Å². The standard InChI is InChI=1S/C10H11N5O2/c11-7-8(12)14-10(17)15(9(7)16)5-6-2-1-3-13-4-6/h1-4H,5,11-12H2,(H,14,17). The number of pyridine rings is 1. The van der Waals surface area contributed by atoms with Crippen molar-refractivity contribution in [1.29, 1.82) is 0 Å². The molecule has 0 spiro atoms. The van der Waals surface area contributed by atoms with E-state index in [2.05, 4.69) is 9.97 Å². The summed E-state index contributed by atoms with van der Waals surface area (Å²) in [6.45, 7) is 0.104. The molecule has 0 fully saturated rings. The monoisotopic (exact) mass is 233 g/mol. The first-order chi connectivity index (χ1) is 8.09. The molecule has 0 bridgehead atoms. The van der Waals surface area contributed by atoms with Gasteiger partial charge in [0.05, 0.1) is 6.54 Å². The van der Waals surface area contributed by atoms with Crippen molar-refractivity contribution in [1.82, 2.24) is 14.5 Å². The van der Waals surface area contributed by atoms with Gasteiger partial charge in [-0.3, -0.25) is 19.3 Å². The summed E-state index contributed by atoms with van der Waals surface area (Å²) in [6, 6.07) is 3.47. The van der Waals surface area contributed by atoms with Gasteiger partial charge in [-0.25, -0.2) is 4.79 Å². The second kappa shape index (κ2) is 4.12. The fraction of sp³-hybridized carbons (Fsp3) is 0.100. The lowest BCUT2D eigenvalue weighted by Gasteiger charge is -2.06. The fourth-order valence-electron chi connectivity index (χ4n) is 1.42. The summed E-state index contributed by atoms with van der Waals surface area (Å²) in [7, 11) is 0. The minimum atomic E-state index is -0.602. The van der Waals surface area contributed by atoms with E-state index < -0.39 is 11.2 Å². The summed E-state index contributed by atoms with van der Waals surface area (Å²) in [4.78, 5) is 29.5. The Morgan fingerprint density at radius 3 is 2.76 bits per heavy atom. The van der Waals surface area contributed by atoms with Crippen LogP contribution in [0, 0.1) is 0 Å². The molecule has 0 aliphatic rings. The van der Waals surface area contributed by atoms with Crippen LogP contribution in [-0.4, -0.2) is 14.5 Å². The van der Waals surface area contributed by atoms with Gasteiger partial charge in [0.2, 0.25) is 0 Å². The Hall–Kier alpha value is -2.57. The number of hydrogen-bond acceptors (Lipinski definition) is 5. The highest BCUT2D eigenvalue weighted by Crippen LogP contribution is 2.01. The molecule has 2 aromatic rings. The maximum absolute atomic E-state index is 11.7. The Morgan fingerprint density at radius 1 is 1.35 bits per heavy atom. The maximum Gasteiger partial charge on any atom is 0.330 e. The van der Waals surface area contributed by atoms with Crippen LogP contribution in [0.4, 0.5) is 11.5 Å². The minimum absolute atomic E-state index is 0.104. The van der Waals surface area contributed by atoms with Crippen LogP contribution in [0.2, 0.25) is 0 Å². The summed E-state index contributed by atoms with van der Waals surface area (Å²) in [6.07, 6.45) is 3.17. The molecule has 0 radical (unpaired) electrons. The Bertz CT molecular complexity index is 644. The number of hydrogen-bond donors (Lipinski definition) is 3. The van der Waals surface area contributed by atoms with Crippen LogP contribution in [0.25, 0.3) is 0 Å². The zero-order valence-corrected chi connectivity index (χ0v) is 8.88. The zero-order valence-electron chi connectivity index (χ0n) is 8.88. The number of nitrogens with one attached hydrogen (secondary N) is 1. The molecule has 0 saturated carbocycles. The average Bonchev–Trinajstić information content (AvgIpc) is 2.33. The van der Waals surface area contributed by atoms with E-state index in [1.165, 1.54) is 0 Å². The van der Waals surface area contributed by atoms with Gasteiger partial charge in [0.15, 0.2) is 0 Å². The van der Waals surface area contributed by atoms with Gasteiger partial charge in [-0.15, -0.1) is 0 Å². The summed E-state index contributed by atoms with van der Waals surface area (Å²) in [5.41, 5.74) is 10.2. The highest BCUT2D eigenvalue weighted by atomic mass is 16.2. The van der Waals surface area contributed by atoms with Crippen molar-refractivity contribution in [3.63, 3.8) is 0 Å². The van der Waals surface area contributed by atoms with Gasteiger partial charge in [-0.1, -0.05) is 6.07 Å². The SMILES string of the molecule is Nc1[nH]c(=O)n(Cc2cccnc2)c(=O)c1N. The molecule has 0 amide bonds. The highest BCUT2D eigenvalue weighted by Gasteiger charge is 2.09. The summed E-state index contributed by atoms with van der Waals surface area (Å²) in [5, 5.41) is 0. The Balaban J connectivity index is 2.51. The summed E-state index contributed by atoms with van der Waals surface area (Å²) in [5.74, 6) is -0.109. The fourth-order valence-corrected chi connectivity index (χ4v) is 1.42. The van der Waals surface area contributed by atoms with Crippen LogP contribution in [-0.2, 0) is 6.54 Å². The van der Waals surface area contributed by atoms with Gasteiger partial charge in [0, 0.05) is 12.4 Å². The van der Waals surface area contributed by atoms with Crippen LogP contribution in [0.15, 0.2) is 34.1 Å². The molecule has 2 heterocycles. The van der Waals surface area contributed by atoms with Crippen LogP contribution >= 0.6 is 0 Å². The molecule has 0 unspecified atom stereocenters. The van der Waals surface area contributed by atoms with Crippen molar-refractivity contribution < 1.29 is 0 Å². The largest absolute Gasteiger partial charge is 0.391 e. The van der Waals surface area contributed by atoms with Gasteiger partial charge in [0.1, 0.15) is 11.5 Å². The third-order valence-electron chi connectivity index (χ3n) is 2.32. The van der Waals surface area contributed by atoms with Crippen molar-refractivity contribution in [2.45, 2.75) is 6.54 Å². The molecule has 0 aromatic carbocycles. The number of H-pyrrole nitrogens is 1. The average molecular weight is 233 g/mol. The van der Waals surface area contributed by atoms with E-state index in [0.717, 1.165) is 10.1 Å². The normalized spacial score (nSPS) is 10.4. The highest BCUT2D eigenvalue weighted by molar-refractivity contribution is 5.55. The number of nitrogens with zero attached hydrogens (tertiary/aromatic N) is 2. The molecule has 0 aliphatic carbocycles. The van der Waals surface area contributed by atoms with Crippen molar-refractivity contribution in [2.75, 3.05) is 11.5 Å². The third kappa shape index (κ3) is 2.03. The smallest absolute Gasteiger partial charge is 0.330 e. The van der Waals surface area contributed by atoms with Gasteiger partial charge in [-0.05, 0) is 11.6 Å². The molecule has 2 rings (SSSR count). The number of aromatic amines is 1. The Kier molecular flexibility index (Phi) is 2.65. The second-order valence-electron chi connectivity index (χ2n) is 3.51. The first-order valence-corrected chi connectivity index (χ1v) is 4.86. The maximum atomic E-state index is 11.7. The number of anilines is 2. The van der Waals surface area contributed by atoms with Gasteiger partial charge in [-0.2, -0.15) is 0 Å². The van der Waals surface area contributed by atoms with Gasteiger partial charge in [0.25, 0.3) is 5.56 Å². The van der Waals surface area contributed by atoms with Crippen LogP contribution in [0.5, 0.6) is 0 Å². The molecule has 2 aromatic heterocycles. The van der Waals surface area contributed by atoms with Crippen molar-refractivity contribution in [2.24, 2.45) is 0 Å². The molecule has 88 valence electrons. The van der Waals surface area contributed by atoms with E-state index >= 15 is 0 Å². The first-order valence-electron chi connectivity index (χ1n) is 4.86. The van der Waals surface area contributed by atoms with E-state index in [9.17, 15) is 9.59 Å². The Labute approximate surface area is 95.7 Å². The molecule has 7 heteroatoms. The second-order valence-corrected chi connectivity index (χ2v) is 3.51. The third-order valence-corrected chi connectivity index (χ3v) is 2.32. The molecule has 7 nitrogen and oxygen atoms in total. The molecular weight excluding hydrogens is 222 g/mol. The van der Waals surface area contributed by atoms with Crippen molar-refractivity contribution >= 4 is 11.5 Å². The predicted molar refractivity (Wildman–Crippen MR) is 63.5 cm³/mol. The van der Waals surface area contributed by atoms with Crippen LogP contribution in [0.1, 0.15) is 5.56 Å². The van der Waals surface area contributed by atoms with E-state index in [-0.39, 0.29) is 18.1 Å². The summed E-state index contributed by atoms with van der Waals surface area (Å²) < 4.78 is 0.975. The lowest BCUT2D eigenvalue weighted by atomic mass is 10.3. The Morgan fingerprint density at radius 2 is 2.12 bits per heavy atom. The quantitative estimate of drug-likeness (QED) is 0.623. The predicted octanol–water partition coefficient (Wildman–Crippen LogP) is -0.856. The topological polar surface area (TPSA) is 120 Å². The van der Waals surface area contributed by atoms with Gasteiger partial charge >= 0.3 is 5.69 Å². The van der Waals surface area contributed by atoms with E-state index in [4.69, 9.17) is 11.5 Å². The number of nitrogen functional groups attached to an aromatic ring is 2. The number of nitrogens with two attached hydrogens (primary N) is 2. The van der Waals surface area contributed by atoms with E-state index in [0.29, 0.717) is 0 Å². The number of aromatic nitrogens is 3. The summed E-state index contributed by atoms with van der Waals surface area (Å²) >= 11 is 0. The molecule has 0 saturated heterocycles. The first kappa shape index (κ1) is 10.9. The zero-order chi connectivity index (χ0) is 12.4. The van der Waals surface area contributed by atoms with Crippen molar-refractivity contribution in [3.8, 4) is 0 Å². The molecule has 0 aliphatic heterocycles. The molecule has 17 heavy (non-hydrogen) atoms. The van der Waals surface area contributed by atoms with Crippen molar-refractivity contribution in [3.05, 3.63) is 50.9 Å². The lowest BCUT2D eigenvalue weighted by molar-refractivity contribution is 0.702. The molecule has 5 N–H and O–H groups in total. The molecular formula is C10H11N5O2. The molecule has 0 atom stereocenters. The van der Waals surface area contributed by atoms with E-state index in [1.807, 2.05) is 0 Å². The minimum Gasteiger partial charge on any atom is -0.391 e.